The van der Waals surface area contributed by atoms with Crippen molar-refractivity contribution in [3.05, 3.63) is 0 Å². The summed E-state index contributed by atoms with van der Waals surface area (Å²) in [7, 11) is 0. The van der Waals surface area contributed by atoms with Crippen molar-refractivity contribution in [2.75, 3.05) is 13.2 Å². The molecule has 4 N–H and O–H groups in total. The molecule has 2 rings (SSSR count). The molecule has 0 aromatic carbocycles. The van der Waals surface area contributed by atoms with Crippen LogP contribution in [0.4, 0.5) is 4.79 Å². The van der Waals surface area contributed by atoms with E-state index in [1.165, 1.54) is 88.4 Å². The van der Waals surface area contributed by atoms with E-state index in [0.717, 1.165) is 44.9 Å². The van der Waals surface area contributed by atoms with Gasteiger partial charge in [0.2, 0.25) is 0 Å². The minimum atomic E-state index is -1.54. The summed E-state index contributed by atoms with van der Waals surface area (Å²) in [5.41, 5.74) is 0.541. The molecule has 6 atom stereocenters. The summed E-state index contributed by atoms with van der Waals surface area (Å²) >= 11 is 0. The van der Waals surface area contributed by atoms with Crippen LogP contribution in [0.25, 0.3) is 0 Å². The molecular weight excluding hydrogens is 618 g/mol. The van der Waals surface area contributed by atoms with Gasteiger partial charge in [-0.2, -0.15) is 0 Å². The zero-order chi connectivity index (χ0) is 36.5. The zero-order valence-corrected chi connectivity index (χ0v) is 32.8. The summed E-state index contributed by atoms with van der Waals surface area (Å²) < 4.78 is 11.9. The Labute approximate surface area is 301 Å². The first-order chi connectivity index (χ1) is 23.2. The molecule has 1 aliphatic heterocycles. The van der Waals surface area contributed by atoms with Gasteiger partial charge in [-0.3, -0.25) is 4.90 Å². The van der Waals surface area contributed by atoms with Gasteiger partial charge in [0.25, 0.3) is 0 Å². The van der Waals surface area contributed by atoms with Crippen molar-refractivity contribution in [1.29, 1.82) is 0 Å². The Morgan fingerprint density at radius 1 is 0.735 bits per heavy atom. The minimum Gasteiger partial charge on any atom is -0.446 e. The predicted octanol–water partition coefficient (Wildman–Crippen LogP) is 9.14. The number of aliphatic hydroxyl groups is 4. The zero-order valence-electron chi connectivity index (χ0n) is 32.8. The van der Waals surface area contributed by atoms with Crippen molar-refractivity contribution in [2.24, 2.45) is 22.7 Å². The third-order valence-corrected chi connectivity index (χ3v) is 11.5. The number of aliphatic hydroxyl groups excluding tert-OH is 4. The molecule has 2 unspecified atom stereocenters. The van der Waals surface area contributed by atoms with Gasteiger partial charge in [0.05, 0.1) is 6.61 Å². The number of hydrogen-bond donors (Lipinski definition) is 4. The molecule has 0 bridgehead atoms. The number of ether oxygens (including phenoxy) is 2. The van der Waals surface area contributed by atoms with Gasteiger partial charge in [0.1, 0.15) is 30.5 Å². The Morgan fingerprint density at radius 3 is 1.65 bits per heavy atom. The van der Waals surface area contributed by atoms with Gasteiger partial charge in [0.15, 0.2) is 6.23 Å². The molecule has 1 aliphatic carbocycles. The van der Waals surface area contributed by atoms with Gasteiger partial charge in [0, 0.05) is 6.54 Å². The number of amides is 1. The van der Waals surface area contributed by atoms with E-state index in [1.807, 2.05) is 6.92 Å². The molecule has 2 fully saturated rings. The van der Waals surface area contributed by atoms with E-state index in [1.54, 1.807) is 0 Å². The maximum absolute atomic E-state index is 13.7. The quantitative estimate of drug-likeness (QED) is 0.0786. The first-order valence-electron chi connectivity index (χ1n) is 20.5. The maximum atomic E-state index is 13.7. The van der Waals surface area contributed by atoms with Gasteiger partial charge in [-0.15, -0.1) is 0 Å². The molecule has 1 saturated heterocycles. The number of nitrogens with zero attached hydrogens (tertiary/aromatic N) is 1. The Kier molecular flexibility index (Phi) is 20.7. The summed E-state index contributed by atoms with van der Waals surface area (Å²) in [6.07, 6.45) is 17.7. The fourth-order valence-corrected chi connectivity index (χ4v) is 8.70. The number of carbonyl (C=O) groups is 1. The SMILES string of the molecule is CCCCCCCCCCCCCCCCCCN(C(=O)OC(C)C1CCC(C(C)(C)CC(C)(C)C)CC1)C1O[C@H](CO)[C@@H](O)[C@H](O)[C@H]1O. The summed E-state index contributed by atoms with van der Waals surface area (Å²) in [5, 5.41) is 41.5. The van der Waals surface area contributed by atoms with E-state index in [4.69, 9.17) is 9.47 Å². The molecular formula is C41H79NO7. The molecule has 49 heavy (non-hydrogen) atoms. The monoisotopic (exact) mass is 698 g/mol. The normalized spacial score (nSPS) is 27.2. The van der Waals surface area contributed by atoms with Crippen LogP contribution >= 0.6 is 0 Å². The Balaban J connectivity index is 1.82. The Morgan fingerprint density at radius 2 is 1.20 bits per heavy atom. The third kappa shape index (κ3) is 16.1. The minimum absolute atomic E-state index is 0.260. The molecule has 2 aliphatic rings. The summed E-state index contributed by atoms with van der Waals surface area (Å²) in [5.74, 6) is 0.907. The number of hydrogen-bond acceptors (Lipinski definition) is 7. The summed E-state index contributed by atoms with van der Waals surface area (Å²) in [4.78, 5) is 15.1. The highest BCUT2D eigenvalue weighted by Crippen LogP contribution is 2.47. The molecule has 0 aromatic rings. The van der Waals surface area contributed by atoms with Crippen LogP contribution in [0.2, 0.25) is 0 Å². The third-order valence-electron chi connectivity index (χ3n) is 11.5. The van der Waals surface area contributed by atoms with Crippen LogP contribution in [-0.4, -0.2) is 81.3 Å². The van der Waals surface area contributed by atoms with Crippen molar-refractivity contribution < 1.29 is 34.7 Å². The lowest BCUT2D eigenvalue weighted by Crippen LogP contribution is -2.64. The molecule has 1 amide bonds. The molecule has 8 nitrogen and oxygen atoms in total. The van der Waals surface area contributed by atoms with E-state index >= 15 is 0 Å². The highest BCUT2D eigenvalue weighted by Gasteiger charge is 2.47. The lowest BCUT2D eigenvalue weighted by molar-refractivity contribution is -0.260. The Hall–Kier alpha value is -0.930. The molecule has 8 heteroatoms. The molecule has 290 valence electrons. The molecule has 0 aromatic heterocycles. The van der Waals surface area contributed by atoms with Crippen LogP contribution in [0.3, 0.4) is 0 Å². The van der Waals surface area contributed by atoms with Gasteiger partial charge >= 0.3 is 6.09 Å². The summed E-state index contributed by atoms with van der Waals surface area (Å²) in [6, 6.07) is 0. The molecule has 0 spiro atoms. The van der Waals surface area contributed by atoms with Crippen molar-refractivity contribution in [2.45, 2.75) is 220 Å². The summed E-state index contributed by atoms with van der Waals surface area (Å²) in [6.45, 7) is 15.7. The first kappa shape index (κ1) is 44.2. The van der Waals surface area contributed by atoms with E-state index in [0.29, 0.717) is 18.9 Å². The van der Waals surface area contributed by atoms with Crippen LogP contribution in [-0.2, 0) is 9.47 Å². The van der Waals surface area contributed by atoms with Crippen LogP contribution in [0.5, 0.6) is 0 Å². The Bertz CT molecular complexity index is 866. The molecule has 1 heterocycles. The maximum Gasteiger partial charge on any atom is 0.412 e. The second-order valence-corrected chi connectivity index (χ2v) is 17.6. The lowest BCUT2D eigenvalue weighted by atomic mass is 9.63. The van der Waals surface area contributed by atoms with Crippen LogP contribution < -0.4 is 0 Å². The van der Waals surface area contributed by atoms with E-state index < -0.39 is 43.3 Å². The fourth-order valence-electron chi connectivity index (χ4n) is 8.70. The predicted molar refractivity (Wildman–Crippen MR) is 199 cm³/mol. The fraction of sp³-hybridized carbons (Fsp3) is 0.976. The molecule has 1 saturated carbocycles. The average molecular weight is 698 g/mol. The van der Waals surface area contributed by atoms with Gasteiger partial charge in [-0.05, 0) is 68.1 Å². The van der Waals surface area contributed by atoms with Gasteiger partial charge in [-0.1, -0.05) is 138 Å². The van der Waals surface area contributed by atoms with E-state index in [9.17, 15) is 25.2 Å². The lowest BCUT2D eigenvalue weighted by Gasteiger charge is -2.45. The average Bonchev–Trinajstić information content (AvgIpc) is 3.04. The van der Waals surface area contributed by atoms with Crippen molar-refractivity contribution in [3.63, 3.8) is 0 Å². The smallest absolute Gasteiger partial charge is 0.412 e. The number of unbranched alkanes of at least 4 members (excludes halogenated alkanes) is 15. The van der Waals surface area contributed by atoms with Crippen molar-refractivity contribution >= 4 is 6.09 Å². The highest BCUT2D eigenvalue weighted by atomic mass is 16.6. The standard InChI is InChI=1S/C41H79NO7/c1-8-9-10-11-12-13-14-15-16-17-18-19-20-21-22-23-28-42(38-37(46)36(45)35(44)34(29-43)49-38)39(47)48-31(2)32-24-26-33(27-25-32)41(6,7)30-40(3,4)5/h31-38,43-46H,8-30H2,1-7H3/t31?,32?,33?,34-,35-,36+,37-,38?/m1/s1. The van der Waals surface area contributed by atoms with Gasteiger partial charge < -0.3 is 29.9 Å². The van der Waals surface area contributed by atoms with E-state index in [2.05, 4.69) is 41.5 Å². The largest absolute Gasteiger partial charge is 0.446 e. The van der Waals surface area contributed by atoms with Crippen molar-refractivity contribution in [3.8, 4) is 0 Å². The first-order valence-corrected chi connectivity index (χ1v) is 20.5. The van der Waals surface area contributed by atoms with Crippen LogP contribution in [0, 0.1) is 22.7 Å². The van der Waals surface area contributed by atoms with Crippen LogP contribution in [0.15, 0.2) is 0 Å². The van der Waals surface area contributed by atoms with Crippen molar-refractivity contribution in [1.82, 2.24) is 4.90 Å². The molecule has 0 radical (unpaired) electrons. The second kappa shape index (κ2) is 22.9. The number of carbonyl (C=O) groups excluding carboxylic acids is 1. The second-order valence-electron chi connectivity index (χ2n) is 17.6. The van der Waals surface area contributed by atoms with Gasteiger partial charge in [-0.25, -0.2) is 4.79 Å². The number of rotatable bonds is 23. The topological polar surface area (TPSA) is 120 Å². The van der Waals surface area contributed by atoms with Crippen LogP contribution in [0.1, 0.15) is 183 Å². The highest BCUT2D eigenvalue weighted by molar-refractivity contribution is 5.68. The van der Waals surface area contributed by atoms with E-state index in [-0.39, 0.29) is 22.9 Å².